The summed E-state index contributed by atoms with van der Waals surface area (Å²) < 4.78 is 27.5. The van der Waals surface area contributed by atoms with Gasteiger partial charge in [0.05, 0.1) is 11.9 Å². The Kier molecular flexibility index (Phi) is 3.55. The molecule has 4 nitrogen and oxygen atoms in total. The van der Waals surface area contributed by atoms with E-state index in [2.05, 4.69) is 10.1 Å². The number of halogens is 2. The minimum atomic E-state index is -2.70. The molecular weight excluding hydrogens is 286 g/mol. The maximum Gasteiger partial charge on any atom is 0.280 e. The second kappa shape index (κ2) is 5.53. The Morgan fingerprint density at radius 1 is 1.27 bits per heavy atom. The zero-order valence-electron chi connectivity index (χ0n) is 11.8. The van der Waals surface area contributed by atoms with Crippen LogP contribution in [0.4, 0.5) is 8.78 Å². The predicted molar refractivity (Wildman–Crippen MR) is 77.5 cm³/mol. The standard InChI is InChI=1S/C16H12F2N4/c1-2-10-3-5-11(6-4-10)13-7-14(15(17)18)22-16(21-13)12(8-19)9-20-22/h3-7,9,15H,2H2,1H3. The summed E-state index contributed by atoms with van der Waals surface area (Å²) in [6, 6.07) is 10.8. The molecule has 1 aromatic carbocycles. The average Bonchev–Trinajstić information content (AvgIpc) is 2.96. The van der Waals surface area contributed by atoms with Crippen LogP contribution in [0.25, 0.3) is 16.9 Å². The van der Waals surface area contributed by atoms with Gasteiger partial charge in [0, 0.05) is 5.56 Å². The number of aryl methyl sites for hydroxylation is 1. The van der Waals surface area contributed by atoms with E-state index >= 15 is 0 Å². The largest absolute Gasteiger partial charge is 0.280 e. The van der Waals surface area contributed by atoms with Gasteiger partial charge in [0.1, 0.15) is 17.3 Å². The molecule has 2 heterocycles. The smallest absolute Gasteiger partial charge is 0.227 e. The highest BCUT2D eigenvalue weighted by Gasteiger charge is 2.18. The second-order valence-electron chi connectivity index (χ2n) is 4.82. The van der Waals surface area contributed by atoms with Crippen LogP contribution in [0.2, 0.25) is 0 Å². The van der Waals surface area contributed by atoms with Crippen molar-refractivity contribution in [3.63, 3.8) is 0 Å². The predicted octanol–water partition coefficient (Wildman–Crippen LogP) is 3.77. The van der Waals surface area contributed by atoms with Crippen molar-refractivity contribution >= 4 is 5.65 Å². The van der Waals surface area contributed by atoms with Crippen molar-refractivity contribution < 1.29 is 8.78 Å². The van der Waals surface area contributed by atoms with Crippen molar-refractivity contribution in [2.45, 2.75) is 19.8 Å². The molecule has 3 aromatic rings. The van der Waals surface area contributed by atoms with E-state index in [-0.39, 0.29) is 16.9 Å². The third kappa shape index (κ3) is 2.31. The molecule has 0 aliphatic carbocycles. The summed E-state index contributed by atoms with van der Waals surface area (Å²) in [6.07, 6.45) is -0.556. The number of nitriles is 1. The van der Waals surface area contributed by atoms with E-state index < -0.39 is 6.43 Å². The number of hydrogen-bond donors (Lipinski definition) is 0. The molecule has 0 aliphatic rings. The molecule has 6 heteroatoms. The highest BCUT2D eigenvalue weighted by molar-refractivity contribution is 5.65. The molecule has 2 aromatic heterocycles. The number of benzene rings is 1. The molecule has 0 radical (unpaired) electrons. The van der Waals surface area contributed by atoms with Crippen molar-refractivity contribution in [2.75, 3.05) is 0 Å². The average molecular weight is 298 g/mol. The minimum absolute atomic E-state index is 0.148. The van der Waals surface area contributed by atoms with E-state index in [1.54, 1.807) is 0 Å². The third-order valence-electron chi connectivity index (χ3n) is 3.50. The molecule has 22 heavy (non-hydrogen) atoms. The molecule has 0 bridgehead atoms. The van der Waals surface area contributed by atoms with E-state index in [0.29, 0.717) is 5.69 Å². The van der Waals surface area contributed by atoms with Crippen molar-refractivity contribution in [2.24, 2.45) is 0 Å². The zero-order chi connectivity index (χ0) is 15.7. The summed E-state index contributed by atoms with van der Waals surface area (Å²) >= 11 is 0. The summed E-state index contributed by atoms with van der Waals surface area (Å²) in [5.74, 6) is 0. The summed E-state index contributed by atoms with van der Waals surface area (Å²) in [6.45, 7) is 2.04. The van der Waals surface area contributed by atoms with Crippen LogP contribution in [-0.4, -0.2) is 14.6 Å². The number of hydrogen-bond acceptors (Lipinski definition) is 3. The first-order valence-corrected chi connectivity index (χ1v) is 6.80. The number of fused-ring (bicyclic) bond motifs is 1. The van der Waals surface area contributed by atoms with Gasteiger partial charge < -0.3 is 0 Å². The van der Waals surface area contributed by atoms with Gasteiger partial charge in [-0.15, -0.1) is 0 Å². The van der Waals surface area contributed by atoms with E-state index in [0.717, 1.165) is 22.1 Å². The fourth-order valence-electron chi connectivity index (χ4n) is 2.28. The van der Waals surface area contributed by atoms with Gasteiger partial charge >= 0.3 is 0 Å². The van der Waals surface area contributed by atoms with Gasteiger partial charge in [0.25, 0.3) is 6.43 Å². The van der Waals surface area contributed by atoms with Crippen molar-refractivity contribution in [3.8, 4) is 17.3 Å². The van der Waals surface area contributed by atoms with Gasteiger partial charge in [-0.1, -0.05) is 31.2 Å². The fourth-order valence-corrected chi connectivity index (χ4v) is 2.28. The van der Waals surface area contributed by atoms with Crippen LogP contribution in [0, 0.1) is 11.3 Å². The second-order valence-corrected chi connectivity index (χ2v) is 4.82. The first-order valence-electron chi connectivity index (χ1n) is 6.80. The van der Waals surface area contributed by atoms with Crippen molar-refractivity contribution in [3.05, 3.63) is 53.3 Å². The maximum absolute atomic E-state index is 13.3. The topological polar surface area (TPSA) is 54.0 Å². The van der Waals surface area contributed by atoms with E-state index in [1.807, 2.05) is 37.3 Å². The molecule has 0 N–H and O–H groups in total. The van der Waals surface area contributed by atoms with Crippen molar-refractivity contribution in [1.29, 1.82) is 5.26 Å². The molecule has 3 rings (SSSR count). The first kappa shape index (κ1) is 14.1. The summed E-state index contributed by atoms with van der Waals surface area (Å²) in [5.41, 5.74) is 2.33. The Hall–Kier alpha value is -2.81. The third-order valence-corrected chi connectivity index (χ3v) is 3.50. The first-order chi connectivity index (χ1) is 10.6. The minimum Gasteiger partial charge on any atom is -0.227 e. The van der Waals surface area contributed by atoms with Crippen molar-refractivity contribution in [1.82, 2.24) is 14.6 Å². The van der Waals surface area contributed by atoms with Crippen LogP contribution in [0.15, 0.2) is 36.5 Å². The van der Waals surface area contributed by atoms with Crippen LogP contribution in [0.5, 0.6) is 0 Å². The van der Waals surface area contributed by atoms with Gasteiger partial charge in [-0.2, -0.15) is 10.4 Å². The van der Waals surface area contributed by atoms with Gasteiger partial charge in [-0.3, -0.25) is 0 Å². The lowest BCUT2D eigenvalue weighted by Gasteiger charge is -2.08. The molecule has 0 fully saturated rings. The van der Waals surface area contributed by atoms with Gasteiger partial charge in [0.15, 0.2) is 5.65 Å². The zero-order valence-corrected chi connectivity index (χ0v) is 11.8. The lowest BCUT2D eigenvalue weighted by atomic mass is 10.1. The molecule has 0 saturated heterocycles. The van der Waals surface area contributed by atoms with E-state index in [1.165, 1.54) is 12.3 Å². The van der Waals surface area contributed by atoms with Gasteiger partial charge in [0.2, 0.25) is 0 Å². The van der Waals surface area contributed by atoms with Gasteiger partial charge in [-0.25, -0.2) is 18.3 Å². The number of nitrogens with zero attached hydrogens (tertiary/aromatic N) is 4. The highest BCUT2D eigenvalue weighted by atomic mass is 19.3. The maximum atomic E-state index is 13.3. The molecule has 0 unspecified atom stereocenters. The van der Waals surface area contributed by atoms with E-state index in [9.17, 15) is 8.78 Å². The summed E-state index contributed by atoms with van der Waals surface area (Å²) in [5, 5.41) is 12.9. The molecule has 0 saturated carbocycles. The van der Waals surface area contributed by atoms with Crippen LogP contribution < -0.4 is 0 Å². The highest BCUT2D eigenvalue weighted by Crippen LogP contribution is 2.26. The summed E-state index contributed by atoms with van der Waals surface area (Å²) in [7, 11) is 0. The lowest BCUT2D eigenvalue weighted by molar-refractivity contribution is 0.143. The Morgan fingerprint density at radius 2 is 2.00 bits per heavy atom. The Balaban J connectivity index is 2.22. The molecule has 0 spiro atoms. The lowest BCUT2D eigenvalue weighted by Crippen LogP contribution is -2.02. The number of rotatable bonds is 3. The Labute approximate surface area is 125 Å². The fraction of sp³-hybridized carbons (Fsp3) is 0.188. The summed E-state index contributed by atoms with van der Waals surface area (Å²) in [4.78, 5) is 4.32. The van der Waals surface area contributed by atoms with Crippen LogP contribution in [-0.2, 0) is 6.42 Å². The van der Waals surface area contributed by atoms with Crippen LogP contribution in [0.3, 0.4) is 0 Å². The van der Waals surface area contributed by atoms with Gasteiger partial charge in [-0.05, 0) is 18.1 Å². The van der Waals surface area contributed by atoms with Crippen LogP contribution in [0.1, 0.15) is 30.2 Å². The number of aromatic nitrogens is 3. The van der Waals surface area contributed by atoms with E-state index in [4.69, 9.17) is 5.26 Å². The quantitative estimate of drug-likeness (QED) is 0.739. The molecule has 0 aliphatic heterocycles. The SMILES string of the molecule is CCc1ccc(-c2cc(C(F)F)n3ncc(C#N)c3n2)cc1. The molecule has 0 amide bonds. The number of alkyl halides is 2. The molecule has 0 atom stereocenters. The Bertz CT molecular complexity index is 860. The molecular formula is C16H12F2N4. The van der Waals surface area contributed by atoms with Crippen LogP contribution >= 0.6 is 0 Å². The Morgan fingerprint density at radius 3 is 2.59 bits per heavy atom. The molecule has 110 valence electrons. The monoisotopic (exact) mass is 298 g/mol. The normalized spacial score (nSPS) is 11.0.